The van der Waals surface area contributed by atoms with Gasteiger partial charge in [0, 0.05) is 0 Å². The van der Waals surface area contributed by atoms with Gasteiger partial charge in [0.15, 0.2) is 0 Å². The molecule has 0 heterocycles. The van der Waals surface area contributed by atoms with Crippen molar-refractivity contribution in [3.05, 3.63) is 41.4 Å². The summed E-state index contributed by atoms with van der Waals surface area (Å²) in [5, 5.41) is 8.93. The Bertz CT molecular complexity index is 719. The maximum atomic E-state index is 2.69. The van der Waals surface area contributed by atoms with E-state index in [4.69, 9.17) is 0 Å². The van der Waals surface area contributed by atoms with Crippen LogP contribution in [0.25, 0.3) is 0 Å². The summed E-state index contributed by atoms with van der Waals surface area (Å²) in [7, 11) is 0.0380. The van der Waals surface area contributed by atoms with Crippen molar-refractivity contribution in [3.8, 4) is 0 Å². The first-order valence-corrected chi connectivity index (χ1v) is 25.1. The van der Waals surface area contributed by atoms with E-state index in [1.807, 2.05) is 7.76 Å². The minimum absolute atomic E-state index is 0. The Hall–Kier alpha value is 0.905. The van der Waals surface area contributed by atoms with Crippen molar-refractivity contribution in [2.75, 3.05) is 0 Å². The normalized spacial score (nSPS) is 19.2. The molecule has 0 aromatic heterocycles. The third-order valence-electron chi connectivity index (χ3n) is 6.33. The summed E-state index contributed by atoms with van der Waals surface area (Å²) in [4.78, 5) is 0. The standard InChI is InChI=1S/2C9H15Si.2CH3.2ClH.H2Si.Ti/c2*1-8-5-6-9(7-8)10(2,3)4;;;;;;/h2*7H,6H2,1-4H3;2*1H3;2*1H;1H2;. The van der Waals surface area contributed by atoms with Crippen molar-refractivity contribution in [3.63, 3.8) is 0 Å². The maximum absolute atomic E-state index is 2.78. The van der Waals surface area contributed by atoms with Gasteiger partial charge in [-0.1, -0.05) is 0 Å². The zero-order chi connectivity index (χ0) is 18.7. The van der Waals surface area contributed by atoms with E-state index in [0.717, 1.165) is 0 Å². The van der Waals surface area contributed by atoms with Crippen LogP contribution in [0, 0.1) is 0 Å². The second-order valence-electron chi connectivity index (χ2n) is 11.2. The van der Waals surface area contributed by atoms with Gasteiger partial charge in [-0.05, 0) is 0 Å². The molecule has 0 amide bonds. The number of rotatable bonds is 4. The summed E-state index contributed by atoms with van der Waals surface area (Å²) in [5.41, 5.74) is 3.23. The molecule has 2 aliphatic carbocycles. The van der Waals surface area contributed by atoms with Crippen molar-refractivity contribution >= 4 is 48.6 Å². The predicted octanol–water partition coefficient (Wildman–Crippen LogP) is 7.13. The fourth-order valence-corrected chi connectivity index (χ4v) is 18.1. The van der Waals surface area contributed by atoms with E-state index in [0.29, 0.717) is 0 Å². The smallest absolute Gasteiger partial charge is 0.147 e. The zero-order valence-electron chi connectivity index (χ0n) is 18.6. The summed E-state index contributed by atoms with van der Waals surface area (Å²) in [6.07, 6.45) is 7.72. The van der Waals surface area contributed by atoms with Gasteiger partial charge in [0.25, 0.3) is 0 Å². The average molecular weight is 484 g/mol. The molecule has 0 fully saturated rings. The number of hydrogen-bond donors (Lipinski definition) is 0. The van der Waals surface area contributed by atoms with Crippen LogP contribution in [0.3, 0.4) is 0 Å². The van der Waals surface area contributed by atoms with Gasteiger partial charge in [-0.2, -0.15) is 0 Å². The van der Waals surface area contributed by atoms with Gasteiger partial charge in [-0.25, -0.2) is 0 Å². The number of halogens is 2. The number of hydrogen-bond acceptors (Lipinski definition) is 0. The quantitative estimate of drug-likeness (QED) is 0.373. The Morgan fingerprint density at radius 1 is 0.731 bits per heavy atom. The van der Waals surface area contributed by atoms with E-state index >= 15 is 0 Å². The van der Waals surface area contributed by atoms with Gasteiger partial charge < -0.3 is 0 Å². The fraction of sp³-hybridized carbons (Fsp3) is 0.600. The minimum Gasteiger partial charge on any atom is -0.147 e. The molecule has 0 aromatic rings. The third kappa shape index (κ3) is 5.08. The Balaban J connectivity index is 0.00000312. The molecule has 0 aliphatic heterocycles. The molecule has 0 aromatic carbocycles. The van der Waals surface area contributed by atoms with Crippen LogP contribution in [-0.2, 0) is 14.0 Å². The first-order valence-electron chi connectivity index (χ1n) is 9.42. The second-order valence-corrected chi connectivity index (χ2v) is 40.5. The summed E-state index contributed by atoms with van der Waals surface area (Å²) in [6, 6.07) is 0. The van der Waals surface area contributed by atoms with Gasteiger partial charge in [0.1, 0.15) is 0 Å². The minimum atomic E-state index is -2.78. The predicted molar refractivity (Wildman–Crippen MR) is 132 cm³/mol. The van der Waals surface area contributed by atoms with Gasteiger partial charge in [-0.15, -0.1) is 24.8 Å². The molecule has 2 aliphatic rings. The van der Waals surface area contributed by atoms with E-state index in [9.17, 15) is 0 Å². The van der Waals surface area contributed by atoms with Crippen molar-refractivity contribution in [1.29, 1.82) is 0 Å². The first kappa shape index (κ1) is 26.9. The zero-order valence-corrected chi connectivity index (χ0v) is 25.2. The summed E-state index contributed by atoms with van der Waals surface area (Å²) in [5.74, 6) is 0. The number of allylic oxidation sites excluding steroid dienone is 8. The molecule has 6 heteroatoms. The molecule has 0 spiro atoms. The Morgan fingerprint density at radius 2 is 1.00 bits per heavy atom. The monoisotopic (exact) mass is 482 g/mol. The van der Waals surface area contributed by atoms with Gasteiger partial charge in [0.05, 0.1) is 0 Å². The van der Waals surface area contributed by atoms with Gasteiger partial charge >= 0.3 is 156 Å². The van der Waals surface area contributed by atoms with E-state index in [2.05, 4.69) is 83.4 Å². The van der Waals surface area contributed by atoms with Crippen molar-refractivity contribution in [1.82, 2.24) is 0 Å². The van der Waals surface area contributed by atoms with Crippen molar-refractivity contribution < 1.29 is 14.0 Å². The molecule has 26 heavy (non-hydrogen) atoms. The summed E-state index contributed by atoms with van der Waals surface area (Å²) < 4.78 is 3.73. The molecule has 0 bridgehead atoms. The van der Waals surface area contributed by atoms with Crippen LogP contribution in [-0.4, -0.2) is 23.8 Å². The van der Waals surface area contributed by atoms with Crippen LogP contribution in [0.5, 0.6) is 0 Å². The van der Waals surface area contributed by atoms with E-state index in [1.165, 1.54) is 12.8 Å². The molecule has 0 saturated heterocycles. The van der Waals surface area contributed by atoms with Gasteiger partial charge in [0.2, 0.25) is 0 Å². The topological polar surface area (TPSA) is 0 Å². The molecule has 0 nitrogen and oxygen atoms in total. The molecular weight excluding hydrogens is 443 g/mol. The molecule has 0 unspecified atom stereocenters. The fourth-order valence-electron chi connectivity index (χ4n) is 4.44. The summed E-state index contributed by atoms with van der Waals surface area (Å²) in [6.45, 7) is 19.8. The molecule has 0 atom stereocenters. The molecule has 2 rings (SSSR count). The van der Waals surface area contributed by atoms with E-state index < -0.39 is 30.2 Å². The molecule has 150 valence electrons. The van der Waals surface area contributed by atoms with E-state index in [-0.39, 0.29) is 24.8 Å². The maximum Gasteiger partial charge on any atom is -0.147 e. The van der Waals surface area contributed by atoms with Crippen LogP contribution in [0.2, 0.25) is 49.7 Å². The average Bonchev–Trinajstić information content (AvgIpc) is 2.91. The molecule has 0 N–H and O–H groups in total. The van der Waals surface area contributed by atoms with Crippen LogP contribution in [0.4, 0.5) is 0 Å². The third-order valence-corrected chi connectivity index (χ3v) is 22.2. The first-order chi connectivity index (χ1) is 10.5. The van der Waals surface area contributed by atoms with Crippen molar-refractivity contribution in [2.45, 2.75) is 76.4 Å². The Morgan fingerprint density at radius 3 is 1.19 bits per heavy atom. The second kappa shape index (κ2) is 7.97. The summed E-state index contributed by atoms with van der Waals surface area (Å²) >= 11 is -2.78. The molecule has 0 saturated carbocycles. The van der Waals surface area contributed by atoms with E-state index in [1.54, 1.807) is 21.5 Å². The van der Waals surface area contributed by atoms with Crippen LogP contribution in [0.15, 0.2) is 41.4 Å². The van der Waals surface area contributed by atoms with Crippen molar-refractivity contribution in [2.24, 2.45) is 0 Å². The van der Waals surface area contributed by atoms with Crippen LogP contribution in [0.1, 0.15) is 26.7 Å². The van der Waals surface area contributed by atoms with Crippen LogP contribution >= 0.6 is 24.8 Å². The van der Waals surface area contributed by atoms with Crippen LogP contribution < -0.4 is 0 Å². The molecule has 0 radical (unpaired) electrons. The SMILES string of the molecule is CC1=[C]([Ti]([CH3])([CH3])(=[SiH2])[C]2=C(C)C=C([Si](C)(C)C)C2)CC([Si](C)(C)C)=C1.Cl.Cl. The Labute approximate surface area is 179 Å². The Kier molecular flexibility index (Phi) is 8.25. The largest absolute Gasteiger partial charge is 0.147 e. The molecular formula is C20H40Cl2Si3Ti. The van der Waals surface area contributed by atoms with Gasteiger partial charge in [-0.3, -0.25) is 0 Å².